The van der Waals surface area contributed by atoms with Gasteiger partial charge in [0.05, 0.1) is 0 Å². The molecule has 5 heteroatoms. The van der Waals surface area contributed by atoms with Gasteiger partial charge in [0.1, 0.15) is 0 Å². The van der Waals surface area contributed by atoms with E-state index in [-0.39, 0.29) is 5.66 Å². The lowest BCUT2D eigenvalue weighted by Gasteiger charge is -2.36. The molecule has 0 aliphatic heterocycles. The standard InChI is InChI=1S/C10H20N3OP/c1-7(2)9-5-4-8(3)6-10(9)15(14)13-12-11/h7-10,15H,4-6H2,1-3H3. The van der Waals surface area contributed by atoms with Crippen LogP contribution in [-0.4, -0.2) is 5.66 Å². The molecule has 4 atom stereocenters. The molecular formula is C10H20N3OP. The highest BCUT2D eigenvalue weighted by atomic mass is 31.1. The molecule has 1 aliphatic carbocycles. The summed E-state index contributed by atoms with van der Waals surface area (Å²) in [5.41, 5.74) is 8.48. The maximum Gasteiger partial charge on any atom is 0.165 e. The van der Waals surface area contributed by atoms with Crippen molar-refractivity contribution in [3.05, 3.63) is 10.4 Å². The summed E-state index contributed by atoms with van der Waals surface area (Å²) in [6.07, 6.45) is 3.30. The van der Waals surface area contributed by atoms with Crippen molar-refractivity contribution in [1.29, 1.82) is 0 Å². The number of rotatable bonds is 3. The van der Waals surface area contributed by atoms with E-state index in [1.807, 2.05) is 0 Å². The van der Waals surface area contributed by atoms with Crippen molar-refractivity contribution in [2.24, 2.45) is 22.6 Å². The zero-order valence-corrected chi connectivity index (χ0v) is 10.7. The first-order valence-corrected chi connectivity index (χ1v) is 7.08. The summed E-state index contributed by atoms with van der Waals surface area (Å²) in [4.78, 5) is 6.13. The molecule has 86 valence electrons. The Morgan fingerprint density at radius 2 is 2.13 bits per heavy atom. The lowest BCUT2D eigenvalue weighted by molar-refractivity contribution is 0.238. The van der Waals surface area contributed by atoms with Gasteiger partial charge in [-0.15, -0.1) is 0 Å². The summed E-state index contributed by atoms with van der Waals surface area (Å²) in [6, 6.07) is 0. The van der Waals surface area contributed by atoms with Crippen molar-refractivity contribution in [3.63, 3.8) is 0 Å². The molecule has 4 nitrogen and oxygen atoms in total. The Kier molecular flexibility index (Phi) is 4.69. The van der Waals surface area contributed by atoms with Crippen LogP contribution in [-0.2, 0) is 4.57 Å². The molecule has 0 amide bonds. The van der Waals surface area contributed by atoms with E-state index < -0.39 is 7.95 Å². The molecule has 0 heterocycles. The van der Waals surface area contributed by atoms with Crippen molar-refractivity contribution in [2.75, 3.05) is 0 Å². The summed E-state index contributed by atoms with van der Waals surface area (Å²) in [5.74, 6) is 1.62. The van der Waals surface area contributed by atoms with Gasteiger partial charge in [0.25, 0.3) is 0 Å². The highest BCUT2D eigenvalue weighted by Crippen LogP contribution is 2.47. The maximum atomic E-state index is 11.8. The Hall–Kier alpha value is -0.460. The Morgan fingerprint density at radius 1 is 1.47 bits per heavy atom. The van der Waals surface area contributed by atoms with Crippen LogP contribution in [0.25, 0.3) is 10.4 Å². The monoisotopic (exact) mass is 229 g/mol. The van der Waals surface area contributed by atoms with Gasteiger partial charge in [0.15, 0.2) is 7.95 Å². The average molecular weight is 229 g/mol. The molecule has 0 aromatic carbocycles. The first-order chi connectivity index (χ1) is 7.06. The first kappa shape index (κ1) is 12.6. The predicted molar refractivity (Wildman–Crippen MR) is 63.3 cm³/mol. The lowest BCUT2D eigenvalue weighted by atomic mass is 9.77. The van der Waals surface area contributed by atoms with Crippen molar-refractivity contribution < 1.29 is 4.57 Å². The number of hydrogen-bond acceptors (Lipinski definition) is 1. The van der Waals surface area contributed by atoms with Crippen molar-refractivity contribution in [1.82, 2.24) is 0 Å². The molecule has 1 fully saturated rings. The second-order valence-corrected chi connectivity index (χ2v) is 6.58. The van der Waals surface area contributed by atoms with Crippen LogP contribution in [0.3, 0.4) is 0 Å². The fourth-order valence-corrected chi connectivity index (χ4v) is 4.36. The molecule has 0 saturated heterocycles. The zero-order valence-electron chi connectivity index (χ0n) is 9.68. The van der Waals surface area contributed by atoms with Gasteiger partial charge in [-0.25, -0.2) is 0 Å². The van der Waals surface area contributed by atoms with Crippen LogP contribution in [0.5, 0.6) is 0 Å². The highest BCUT2D eigenvalue weighted by molar-refractivity contribution is 7.43. The number of hydrogen-bond donors (Lipinski definition) is 0. The summed E-state index contributed by atoms with van der Waals surface area (Å²) >= 11 is 0. The van der Waals surface area contributed by atoms with E-state index in [0.717, 1.165) is 12.8 Å². The average Bonchev–Trinajstić information content (AvgIpc) is 2.17. The SMILES string of the molecule is CC1CCC(C(C)C)C([PH](=O)N=[N+]=[N-])C1. The summed E-state index contributed by atoms with van der Waals surface area (Å²) < 4.78 is 11.8. The van der Waals surface area contributed by atoms with Crippen LogP contribution in [0.2, 0.25) is 0 Å². The van der Waals surface area contributed by atoms with Gasteiger partial charge in [-0.2, -0.15) is 0 Å². The van der Waals surface area contributed by atoms with E-state index in [0.29, 0.717) is 17.8 Å². The molecule has 0 aromatic rings. The van der Waals surface area contributed by atoms with E-state index in [9.17, 15) is 4.57 Å². The predicted octanol–water partition coefficient (Wildman–Crippen LogP) is 4.23. The third-order valence-electron chi connectivity index (χ3n) is 3.48. The molecule has 0 aromatic heterocycles. The minimum absolute atomic E-state index is 0.134. The number of nitrogens with zero attached hydrogens (tertiary/aromatic N) is 3. The Labute approximate surface area is 91.9 Å². The van der Waals surface area contributed by atoms with E-state index in [4.69, 9.17) is 5.53 Å². The topological polar surface area (TPSA) is 65.8 Å². The largest absolute Gasteiger partial charge is 0.320 e. The minimum atomic E-state index is -2.11. The van der Waals surface area contributed by atoms with Crippen molar-refractivity contribution in [2.45, 2.75) is 45.7 Å². The van der Waals surface area contributed by atoms with E-state index in [1.54, 1.807) is 0 Å². The Balaban J connectivity index is 2.78. The fourth-order valence-electron chi connectivity index (χ4n) is 2.60. The Morgan fingerprint density at radius 3 is 2.67 bits per heavy atom. The second kappa shape index (κ2) is 5.58. The zero-order chi connectivity index (χ0) is 11.4. The Bertz CT molecular complexity index is 286. The second-order valence-electron chi connectivity index (χ2n) is 4.96. The van der Waals surface area contributed by atoms with E-state index in [2.05, 4.69) is 30.6 Å². The summed E-state index contributed by atoms with van der Waals surface area (Å²) in [6.45, 7) is 6.52. The number of azide groups is 1. The van der Waals surface area contributed by atoms with Gasteiger partial charge in [0.2, 0.25) is 0 Å². The lowest BCUT2D eigenvalue weighted by Crippen LogP contribution is -2.29. The molecule has 1 aliphatic rings. The molecule has 15 heavy (non-hydrogen) atoms. The molecule has 0 N–H and O–H groups in total. The van der Waals surface area contributed by atoms with Gasteiger partial charge >= 0.3 is 0 Å². The van der Waals surface area contributed by atoms with E-state index in [1.165, 1.54) is 6.42 Å². The van der Waals surface area contributed by atoms with Crippen LogP contribution >= 0.6 is 7.95 Å². The molecule has 0 radical (unpaired) electrons. The summed E-state index contributed by atoms with van der Waals surface area (Å²) in [5, 5.41) is 0. The van der Waals surface area contributed by atoms with Crippen LogP contribution in [0.1, 0.15) is 40.0 Å². The quantitative estimate of drug-likeness (QED) is 0.309. The minimum Gasteiger partial charge on any atom is -0.320 e. The third kappa shape index (κ3) is 3.25. The van der Waals surface area contributed by atoms with Gasteiger partial charge in [-0.05, 0) is 41.0 Å². The maximum absolute atomic E-state index is 11.8. The highest BCUT2D eigenvalue weighted by Gasteiger charge is 2.33. The van der Waals surface area contributed by atoms with Crippen LogP contribution in [0, 0.1) is 17.8 Å². The molecule has 1 saturated carbocycles. The molecular weight excluding hydrogens is 209 g/mol. The first-order valence-electron chi connectivity index (χ1n) is 5.65. The normalized spacial score (nSPS) is 33.5. The van der Waals surface area contributed by atoms with Crippen LogP contribution < -0.4 is 0 Å². The summed E-state index contributed by atoms with van der Waals surface area (Å²) in [7, 11) is -2.11. The van der Waals surface area contributed by atoms with Gasteiger partial charge in [-0.1, -0.05) is 27.2 Å². The van der Waals surface area contributed by atoms with Gasteiger partial charge in [0, 0.05) is 10.6 Å². The molecule has 4 unspecified atom stereocenters. The van der Waals surface area contributed by atoms with Crippen LogP contribution in [0.4, 0.5) is 0 Å². The van der Waals surface area contributed by atoms with Gasteiger partial charge in [-0.3, -0.25) is 0 Å². The molecule has 1 rings (SSSR count). The van der Waals surface area contributed by atoms with Crippen LogP contribution in [0.15, 0.2) is 4.88 Å². The molecule has 0 spiro atoms. The smallest absolute Gasteiger partial charge is 0.165 e. The van der Waals surface area contributed by atoms with E-state index >= 15 is 0 Å². The van der Waals surface area contributed by atoms with Crippen molar-refractivity contribution in [3.8, 4) is 0 Å². The molecule has 0 bridgehead atoms. The van der Waals surface area contributed by atoms with Crippen molar-refractivity contribution >= 4 is 7.95 Å². The van der Waals surface area contributed by atoms with Gasteiger partial charge < -0.3 is 4.57 Å². The fraction of sp³-hybridized carbons (Fsp3) is 1.00. The third-order valence-corrected chi connectivity index (χ3v) is 5.07.